The van der Waals surface area contributed by atoms with Crippen LogP contribution >= 0.6 is 34.7 Å². The Morgan fingerprint density at radius 3 is 2.21 bits per heavy atom. The molecule has 0 amide bonds. The Labute approximate surface area is 311 Å². The second-order valence-corrected chi connectivity index (χ2v) is 16.6. The van der Waals surface area contributed by atoms with Crippen LogP contribution in [0.15, 0.2) is 101 Å². The molecule has 53 heavy (non-hydrogen) atoms. The topological polar surface area (TPSA) is 305 Å². The highest BCUT2D eigenvalue weighted by Gasteiger charge is 2.25. The van der Waals surface area contributed by atoms with E-state index in [0.717, 1.165) is 23.9 Å². The van der Waals surface area contributed by atoms with E-state index in [2.05, 4.69) is 44.3 Å². The molecule has 4 rings (SSSR count). The third-order valence-corrected chi connectivity index (χ3v) is 10.7. The van der Waals surface area contributed by atoms with Crippen LogP contribution in [-0.2, 0) is 38.8 Å². The standard InChI is InChI=1S/C28H28N6O14S5/c1-34(2)11-14-51(37,38)19-7-10-23(25(15-19)52(39,40)41)31-32-26-21-16-24(50-47-46-36)27(28(35)20(21)8-9-22(26)29)33-30-17-3-5-18(6-4-17)49-13-12-45-48-53(42,43)44/h3-10,15-16,35-36,39-41H,11,14,29H2,1-2H3,(H,42,43,44). The van der Waals surface area contributed by atoms with Crippen LogP contribution in [0.2, 0.25) is 0 Å². The summed E-state index contributed by atoms with van der Waals surface area (Å²) in [5, 5.41) is 42.9. The summed E-state index contributed by atoms with van der Waals surface area (Å²) in [6.07, 6.45) is 1.91. The van der Waals surface area contributed by atoms with E-state index in [-0.39, 0.29) is 55.6 Å². The fourth-order valence-electron chi connectivity index (χ4n) is 4.10. The zero-order valence-corrected chi connectivity index (χ0v) is 31.1. The molecule has 0 saturated carbocycles. The normalized spacial score (nSPS) is 12.8. The first-order valence-corrected chi connectivity index (χ1v) is 20.2. The van der Waals surface area contributed by atoms with Gasteiger partial charge in [0.25, 0.3) is 0 Å². The average Bonchev–Trinajstić information content (AvgIpc) is 3.08. The number of hydrogen-bond donors (Lipinski definition) is 7. The number of nitrogens with zero attached hydrogens (tertiary/aromatic N) is 5. The lowest BCUT2D eigenvalue weighted by Gasteiger charge is -2.21. The number of anilines is 1. The molecule has 0 heterocycles. The Hall–Kier alpha value is -4.11. The molecule has 0 saturated heterocycles. The first-order valence-electron chi connectivity index (χ1n) is 14.1. The summed E-state index contributed by atoms with van der Waals surface area (Å²) in [6, 6.07) is 13.6. The average molecular weight is 833 g/mol. The maximum absolute atomic E-state index is 12.8. The first kappa shape index (κ1) is 41.6. The van der Waals surface area contributed by atoms with Crippen LogP contribution in [0, 0.1) is 11.4 Å². The Bertz CT molecular complexity index is 2310. The Kier molecular flexibility index (Phi) is 14.0. The van der Waals surface area contributed by atoms with Gasteiger partial charge in [0, 0.05) is 27.5 Å². The van der Waals surface area contributed by atoms with Gasteiger partial charge in [-0.3, -0.25) is 9.44 Å². The highest BCUT2D eigenvalue weighted by Crippen LogP contribution is 2.51. The predicted molar refractivity (Wildman–Crippen MR) is 194 cm³/mol. The number of azo groups is 2. The Morgan fingerprint density at radius 1 is 0.868 bits per heavy atom. The van der Waals surface area contributed by atoms with Crippen molar-refractivity contribution in [2.45, 2.75) is 19.6 Å². The summed E-state index contributed by atoms with van der Waals surface area (Å²) < 4.78 is 93.6. The number of aromatic hydroxyl groups is 1. The van der Waals surface area contributed by atoms with Gasteiger partial charge in [0.05, 0.1) is 43.9 Å². The minimum atomic E-state index is -4.82. The van der Waals surface area contributed by atoms with Gasteiger partial charge in [-0.2, -0.15) is 13.5 Å². The van der Waals surface area contributed by atoms with Crippen LogP contribution in [0.3, 0.4) is 0 Å². The lowest BCUT2D eigenvalue weighted by atomic mass is 10.1. The number of nitrogens with two attached hydrogens (primary N) is 1. The van der Waals surface area contributed by atoms with E-state index in [1.165, 1.54) is 36.4 Å². The molecule has 8 N–H and O–H groups in total. The van der Waals surface area contributed by atoms with Crippen LogP contribution < -0.4 is 5.73 Å². The van der Waals surface area contributed by atoms with Gasteiger partial charge in [-0.25, -0.2) is 13.7 Å². The van der Waals surface area contributed by atoms with Crippen molar-refractivity contribution in [2.24, 2.45) is 20.5 Å². The van der Waals surface area contributed by atoms with Crippen molar-refractivity contribution in [3.8, 4) is 17.1 Å². The summed E-state index contributed by atoms with van der Waals surface area (Å²) >= 11 is 1.34. The molecule has 25 heteroatoms. The van der Waals surface area contributed by atoms with Crippen LogP contribution in [0.4, 0.5) is 28.4 Å². The number of thioether (sulfide) groups is 1. The highest BCUT2D eigenvalue weighted by molar-refractivity contribution is 8.19. The van der Waals surface area contributed by atoms with Crippen LogP contribution in [-0.4, -0.2) is 76.7 Å². The van der Waals surface area contributed by atoms with E-state index in [1.54, 1.807) is 31.1 Å². The molecule has 20 nitrogen and oxygen atoms in total. The minimum absolute atomic E-state index is 0.0296. The van der Waals surface area contributed by atoms with Crippen molar-refractivity contribution in [1.29, 1.82) is 0 Å². The zero-order valence-electron chi connectivity index (χ0n) is 27.0. The molecule has 4 aromatic rings. The van der Waals surface area contributed by atoms with Crippen molar-refractivity contribution < 1.29 is 64.0 Å². The molecule has 0 bridgehead atoms. The Balaban J connectivity index is 1.69. The van der Waals surface area contributed by atoms with Gasteiger partial charge in [-0.05, 0) is 90.9 Å². The van der Waals surface area contributed by atoms with Gasteiger partial charge in [-0.1, -0.05) is 5.04 Å². The van der Waals surface area contributed by atoms with Gasteiger partial charge in [-0.15, -0.1) is 19.7 Å². The first-order chi connectivity index (χ1) is 24.9. The molecule has 0 spiro atoms. The predicted octanol–water partition coefficient (Wildman–Crippen LogP) is 7.07. The fraction of sp³-hybridized carbons (Fsp3) is 0.143. The van der Waals surface area contributed by atoms with Gasteiger partial charge in [0.15, 0.2) is 21.7 Å². The van der Waals surface area contributed by atoms with E-state index in [9.17, 15) is 35.6 Å². The van der Waals surface area contributed by atoms with E-state index in [1.807, 2.05) is 6.11 Å². The highest BCUT2D eigenvalue weighted by atomic mass is 32.3. The van der Waals surface area contributed by atoms with E-state index < -0.39 is 41.8 Å². The molecule has 0 fully saturated rings. The van der Waals surface area contributed by atoms with E-state index in [0.29, 0.717) is 22.6 Å². The molecule has 284 valence electrons. The number of rotatable bonds is 15. The molecular weight excluding hydrogens is 805 g/mol. The number of hydrogen-bond acceptors (Lipinski definition) is 21. The molecular formula is C28H28N6O14S5. The summed E-state index contributed by atoms with van der Waals surface area (Å²) in [4.78, 5) is 5.38. The quantitative estimate of drug-likeness (QED) is 0.00920. The van der Waals surface area contributed by atoms with Crippen LogP contribution in [0.1, 0.15) is 0 Å². The largest absolute Gasteiger partial charge is 0.505 e. The maximum Gasteiger partial charge on any atom is 0.433 e. The molecule has 0 unspecified atom stereocenters. The van der Waals surface area contributed by atoms with Crippen molar-refractivity contribution in [1.82, 2.24) is 4.90 Å². The summed E-state index contributed by atoms with van der Waals surface area (Å²) in [5.74, 6) is -0.730. The smallest absolute Gasteiger partial charge is 0.433 e. The number of sulfone groups is 1. The van der Waals surface area contributed by atoms with Gasteiger partial charge in [0.1, 0.15) is 27.9 Å². The second-order valence-electron chi connectivity index (χ2n) is 10.4. The number of nitrogen functional groups attached to an aromatic ring is 1. The van der Waals surface area contributed by atoms with Gasteiger partial charge in [0.2, 0.25) is 0 Å². The zero-order chi connectivity index (χ0) is 39.0. The van der Waals surface area contributed by atoms with Crippen molar-refractivity contribution in [2.75, 3.05) is 32.1 Å². The third-order valence-electron chi connectivity index (χ3n) is 6.52. The fourth-order valence-corrected chi connectivity index (χ4v) is 7.34. The SMILES string of the molecule is CN(C)CCS(=O)(=O)c1ccc(N=Nc2c(N)ccc3c(O)c(N=Nc4ccc(SC#COOS(=O)(=O)O)cc4)c(SOOO)cc23)c(S(O)(O)O)c1. The van der Waals surface area contributed by atoms with E-state index in [4.69, 9.17) is 15.5 Å². The van der Waals surface area contributed by atoms with Crippen molar-refractivity contribution in [3.63, 3.8) is 0 Å². The number of phenolic OH excluding ortho intramolecular Hbond substituents is 1. The lowest BCUT2D eigenvalue weighted by Crippen LogP contribution is -2.22. The third kappa shape index (κ3) is 11.7. The number of phenols is 1. The van der Waals surface area contributed by atoms with Crippen LogP contribution in [0.25, 0.3) is 10.8 Å². The number of benzene rings is 4. The maximum atomic E-state index is 12.8. The van der Waals surface area contributed by atoms with E-state index >= 15 is 0 Å². The van der Waals surface area contributed by atoms with Gasteiger partial charge >= 0.3 is 10.4 Å². The van der Waals surface area contributed by atoms with Gasteiger partial charge < -0.3 is 29.4 Å². The molecule has 0 radical (unpaired) electrons. The van der Waals surface area contributed by atoms with Crippen molar-refractivity contribution in [3.05, 3.63) is 60.7 Å². The molecule has 0 aliphatic carbocycles. The molecule has 0 aliphatic heterocycles. The van der Waals surface area contributed by atoms with Crippen molar-refractivity contribution >= 4 is 94.1 Å². The molecule has 0 aliphatic rings. The second kappa shape index (κ2) is 17.8. The monoisotopic (exact) mass is 832 g/mol. The minimum Gasteiger partial charge on any atom is -0.505 e. The summed E-state index contributed by atoms with van der Waals surface area (Å²) in [6.45, 7) is 0.184. The molecule has 4 aromatic carbocycles. The molecule has 0 atom stereocenters. The molecule has 0 aromatic heterocycles. The van der Waals surface area contributed by atoms with Crippen LogP contribution in [0.5, 0.6) is 5.75 Å². The lowest BCUT2D eigenvalue weighted by molar-refractivity contribution is -0.432. The number of fused-ring (bicyclic) bond motifs is 1. The summed E-state index contributed by atoms with van der Waals surface area (Å²) in [5.41, 5.74) is 6.04. The summed E-state index contributed by atoms with van der Waals surface area (Å²) in [7, 11) is -9.83. The Morgan fingerprint density at radius 2 is 1.57 bits per heavy atom.